The maximum Gasteiger partial charge on any atom is 0.145 e. The van der Waals surface area contributed by atoms with Crippen molar-refractivity contribution in [3.05, 3.63) is 106 Å². The van der Waals surface area contributed by atoms with Crippen molar-refractivity contribution in [1.82, 2.24) is 0 Å². The number of rotatable bonds is 5. The maximum atomic E-state index is 13.5. The Bertz CT molecular complexity index is 876. The second-order valence-corrected chi connectivity index (χ2v) is 6.77. The molecule has 0 saturated heterocycles. The van der Waals surface area contributed by atoms with Crippen LogP contribution in [0.5, 0.6) is 0 Å². The number of hydrogen-bond acceptors (Lipinski definition) is 0. The lowest BCUT2D eigenvalue weighted by atomic mass is 9.93. The molecule has 1 atom stereocenters. The Morgan fingerprint density at radius 1 is 0.846 bits per heavy atom. The Morgan fingerprint density at radius 3 is 2.04 bits per heavy atom. The Kier molecular flexibility index (Phi) is 5.85. The fourth-order valence-corrected chi connectivity index (χ4v) is 2.99. The quantitative estimate of drug-likeness (QED) is 0.332. The monoisotopic (exact) mass is 368 g/mol. The van der Waals surface area contributed by atoms with E-state index in [-0.39, 0.29) is 0 Å². The third kappa shape index (κ3) is 4.59. The molecule has 3 rings (SSSR count). The summed E-state index contributed by atoms with van der Waals surface area (Å²) in [6.45, 7) is 2.22. The fraction of sp³-hybridized carbons (Fsp3) is 0.130. The third-order valence-corrected chi connectivity index (χ3v) is 4.73. The highest BCUT2D eigenvalue weighted by Crippen LogP contribution is 2.23. The molecule has 0 N–H and O–H groups in total. The van der Waals surface area contributed by atoms with E-state index < -0.39 is 16.7 Å². The van der Waals surface area contributed by atoms with Gasteiger partial charge in [0.15, 0.2) is 0 Å². The van der Waals surface area contributed by atoms with Gasteiger partial charge in [-0.2, -0.15) is 0 Å². The Balaban J connectivity index is 1.68. The summed E-state index contributed by atoms with van der Waals surface area (Å²) in [6, 6.07) is 21.1. The van der Waals surface area contributed by atoms with Crippen LogP contribution in [0.15, 0.2) is 66.7 Å². The molecule has 0 aromatic heterocycles. The number of halogens is 3. The molecule has 0 aliphatic heterocycles. The zero-order valence-corrected chi connectivity index (χ0v) is 15.2. The molecule has 0 radical (unpaired) electrons. The summed E-state index contributed by atoms with van der Waals surface area (Å²) in [5.41, 5.74) is 3.98. The summed E-state index contributed by atoms with van der Waals surface area (Å²) in [6.07, 6.45) is 4.46. The predicted octanol–water partition coefficient (Wildman–Crippen LogP) is 7.13. The molecule has 132 valence electrons. The van der Waals surface area contributed by atoms with E-state index in [0.717, 1.165) is 12.0 Å². The van der Waals surface area contributed by atoms with Crippen molar-refractivity contribution in [2.45, 2.75) is 19.3 Å². The Morgan fingerprint density at radius 2 is 1.42 bits per heavy atom. The van der Waals surface area contributed by atoms with Crippen molar-refractivity contribution in [1.29, 1.82) is 0 Å². The molecule has 0 saturated carbocycles. The van der Waals surface area contributed by atoms with Crippen molar-refractivity contribution >= 4 is 23.8 Å². The molecule has 0 nitrogen and oxygen atoms in total. The number of hydrogen-bond donors (Lipinski definition) is 0. The lowest BCUT2D eigenvalue weighted by Crippen LogP contribution is -1.98. The Hall–Kier alpha value is -2.45. The van der Waals surface area contributed by atoms with Crippen molar-refractivity contribution in [3.63, 3.8) is 0 Å². The molecule has 0 fully saturated rings. The van der Waals surface area contributed by atoms with Gasteiger partial charge in [0, 0.05) is 0 Å². The van der Waals surface area contributed by atoms with Gasteiger partial charge in [-0.15, -0.1) is 0 Å². The molecular weight excluding hydrogens is 350 g/mol. The molecule has 1 unspecified atom stereocenters. The molecule has 3 heteroatoms. The molecule has 0 spiro atoms. The highest BCUT2D eigenvalue weighted by molar-refractivity contribution is 6.30. The van der Waals surface area contributed by atoms with Crippen molar-refractivity contribution < 1.29 is 8.78 Å². The highest BCUT2D eigenvalue weighted by Gasteiger charge is 2.07. The van der Waals surface area contributed by atoms with Crippen LogP contribution in [0.2, 0.25) is 5.02 Å². The summed E-state index contributed by atoms with van der Waals surface area (Å²) in [5, 5.41) is -0.473. The predicted molar refractivity (Wildman–Crippen MR) is 105 cm³/mol. The largest absolute Gasteiger partial charge is 0.205 e. The van der Waals surface area contributed by atoms with Crippen LogP contribution in [0.3, 0.4) is 0 Å². The van der Waals surface area contributed by atoms with Crippen LogP contribution in [0.4, 0.5) is 8.78 Å². The van der Waals surface area contributed by atoms with Gasteiger partial charge in [0.1, 0.15) is 16.7 Å². The van der Waals surface area contributed by atoms with E-state index in [1.165, 1.54) is 23.3 Å². The van der Waals surface area contributed by atoms with Crippen molar-refractivity contribution in [2.24, 2.45) is 0 Å². The minimum atomic E-state index is -0.753. The molecule has 0 heterocycles. The second kappa shape index (κ2) is 8.29. The smallest absolute Gasteiger partial charge is 0.145 e. The van der Waals surface area contributed by atoms with Gasteiger partial charge in [0.05, 0.1) is 0 Å². The van der Waals surface area contributed by atoms with Gasteiger partial charge >= 0.3 is 0 Å². The van der Waals surface area contributed by atoms with Gasteiger partial charge in [-0.1, -0.05) is 85.3 Å². The van der Waals surface area contributed by atoms with E-state index in [9.17, 15) is 8.78 Å². The van der Waals surface area contributed by atoms with Crippen molar-refractivity contribution in [2.75, 3.05) is 0 Å². The minimum Gasteiger partial charge on any atom is -0.205 e. The van der Waals surface area contributed by atoms with E-state index in [1.54, 1.807) is 6.08 Å². The maximum absolute atomic E-state index is 13.5. The zero-order chi connectivity index (χ0) is 18.5. The first-order valence-electron chi connectivity index (χ1n) is 8.49. The average Bonchev–Trinajstić information content (AvgIpc) is 2.66. The van der Waals surface area contributed by atoms with E-state index in [1.807, 2.05) is 24.3 Å². The van der Waals surface area contributed by atoms with Gasteiger partial charge in [0.25, 0.3) is 0 Å². The molecule has 0 amide bonds. The van der Waals surface area contributed by atoms with Gasteiger partial charge < -0.3 is 0 Å². The van der Waals surface area contributed by atoms with Gasteiger partial charge in [-0.25, -0.2) is 8.78 Å². The minimum absolute atomic E-state index is 0.436. The molecule has 3 aromatic carbocycles. The van der Waals surface area contributed by atoms with Crippen LogP contribution in [0.25, 0.3) is 12.2 Å². The van der Waals surface area contributed by atoms with Crippen LogP contribution < -0.4 is 0 Å². The summed E-state index contributed by atoms with van der Waals surface area (Å²) in [7, 11) is 0. The molecule has 0 aliphatic carbocycles. The molecule has 0 bridgehead atoms. The van der Waals surface area contributed by atoms with Crippen LogP contribution in [-0.4, -0.2) is 0 Å². The van der Waals surface area contributed by atoms with E-state index in [2.05, 4.69) is 43.3 Å². The zero-order valence-electron chi connectivity index (χ0n) is 14.4. The van der Waals surface area contributed by atoms with Crippen LogP contribution in [0.1, 0.15) is 35.1 Å². The van der Waals surface area contributed by atoms with E-state index in [0.29, 0.717) is 11.5 Å². The SMILES string of the molecule is CC(Cc1ccc(/C=C/c2cc(F)c(Cl)c(F)c2)cc1)c1ccccc1. The first-order valence-corrected chi connectivity index (χ1v) is 8.87. The summed E-state index contributed by atoms with van der Waals surface area (Å²) in [5.74, 6) is -1.06. The van der Waals surface area contributed by atoms with Crippen LogP contribution in [-0.2, 0) is 6.42 Å². The van der Waals surface area contributed by atoms with Crippen LogP contribution >= 0.6 is 11.6 Å². The van der Waals surface area contributed by atoms with Crippen LogP contribution in [0, 0.1) is 11.6 Å². The second-order valence-electron chi connectivity index (χ2n) is 6.39. The van der Waals surface area contributed by atoms with Crippen molar-refractivity contribution in [3.8, 4) is 0 Å². The van der Waals surface area contributed by atoms with Gasteiger partial charge in [0.2, 0.25) is 0 Å². The first kappa shape index (κ1) is 18.3. The fourth-order valence-electron chi connectivity index (χ4n) is 2.88. The normalized spacial score (nSPS) is 12.5. The summed E-state index contributed by atoms with van der Waals surface area (Å²) >= 11 is 5.50. The first-order chi connectivity index (χ1) is 12.5. The molecule has 3 aromatic rings. The van der Waals surface area contributed by atoms with E-state index in [4.69, 9.17) is 11.6 Å². The van der Waals surface area contributed by atoms with Gasteiger partial charge in [-0.3, -0.25) is 0 Å². The molecular formula is C23H19ClF2. The highest BCUT2D eigenvalue weighted by atomic mass is 35.5. The van der Waals surface area contributed by atoms with E-state index >= 15 is 0 Å². The summed E-state index contributed by atoms with van der Waals surface area (Å²) < 4.78 is 26.9. The Labute approximate surface area is 157 Å². The molecule has 26 heavy (non-hydrogen) atoms. The number of benzene rings is 3. The standard InChI is InChI=1S/C23H19ClF2/c1-16(20-5-3-2-4-6-20)13-18-10-7-17(8-11-18)9-12-19-14-21(25)23(24)22(26)15-19/h2-12,14-16H,13H2,1H3/b12-9+. The van der Waals surface area contributed by atoms with Gasteiger partial charge in [-0.05, 0) is 46.7 Å². The molecule has 0 aliphatic rings. The lowest BCUT2D eigenvalue weighted by molar-refractivity contribution is 0.583. The lowest BCUT2D eigenvalue weighted by Gasteiger charge is -2.12. The topological polar surface area (TPSA) is 0 Å². The summed E-state index contributed by atoms with van der Waals surface area (Å²) in [4.78, 5) is 0. The average molecular weight is 369 g/mol. The third-order valence-electron chi connectivity index (χ3n) is 4.36.